The predicted octanol–water partition coefficient (Wildman–Crippen LogP) is 4.65. The van der Waals surface area contributed by atoms with Crippen molar-refractivity contribution in [2.24, 2.45) is 0 Å². The lowest BCUT2D eigenvalue weighted by molar-refractivity contribution is 0.0510. The van der Waals surface area contributed by atoms with E-state index in [9.17, 15) is 9.59 Å². The fourth-order valence-electron chi connectivity index (χ4n) is 2.25. The molecule has 0 heterocycles. The lowest BCUT2D eigenvalue weighted by Gasteiger charge is -2.19. The summed E-state index contributed by atoms with van der Waals surface area (Å²) < 4.78 is 15.6. The van der Waals surface area contributed by atoms with Gasteiger partial charge < -0.3 is 19.9 Å². The summed E-state index contributed by atoms with van der Waals surface area (Å²) in [5.74, 6) is 0.839. The predicted molar refractivity (Wildman–Crippen MR) is 105 cm³/mol. The van der Waals surface area contributed by atoms with Crippen LogP contribution in [-0.4, -0.2) is 31.0 Å². The second-order valence-corrected chi connectivity index (χ2v) is 7.30. The minimum absolute atomic E-state index is 0.287. The van der Waals surface area contributed by atoms with Crippen LogP contribution in [0.15, 0.2) is 24.3 Å². The zero-order chi connectivity index (χ0) is 20.1. The number of unbranched alkanes of at least 4 members (excludes halogenated alkanes) is 5. The smallest absolute Gasteiger partial charge is 0.417 e. The van der Waals surface area contributed by atoms with Crippen LogP contribution < -0.4 is 15.8 Å². The van der Waals surface area contributed by atoms with Crippen molar-refractivity contribution in [3.63, 3.8) is 0 Å². The van der Waals surface area contributed by atoms with E-state index in [1.54, 1.807) is 20.8 Å². The Labute approximate surface area is 161 Å². The molecule has 0 fully saturated rings. The first-order valence-electron chi connectivity index (χ1n) is 9.41. The van der Waals surface area contributed by atoms with E-state index in [1.165, 1.54) is 0 Å². The normalized spacial score (nSPS) is 10.9. The minimum Gasteiger partial charge on any atom is -0.494 e. The molecule has 0 unspecified atom stereocenters. The van der Waals surface area contributed by atoms with Gasteiger partial charge in [0.2, 0.25) is 0 Å². The van der Waals surface area contributed by atoms with E-state index in [0.717, 1.165) is 50.0 Å². The second-order valence-electron chi connectivity index (χ2n) is 7.30. The van der Waals surface area contributed by atoms with Crippen LogP contribution in [0, 0.1) is 0 Å². The van der Waals surface area contributed by atoms with Crippen LogP contribution in [-0.2, 0) is 9.47 Å². The molecule has 3 N–H and O–H groups in total. The number of carbonyl (C=O) groups is 2. The van der Waals surface area contributed by atoms with Crippen molar-refractivity contribution in [2.45, 2.75) is 64.9 Å². The lowest BCUT2D eigenvalue weighted by Crippen LogP contribution is -2.36. The highest BCUT2D eigenvalue weighted by molar-refractivity contribution is 5.87. The highest BCUT2D eigenvalue weighted by Gasteiger charge is 2.18. The van der Waals surface area contributed by atoms with E-state index in [2.05, 4.69) is 0 Å². The number of benzene rings is 1. The number of nitrogen functional groups attached to an aromatic ring is 1. The van der Waals surface area contributed by atoms with E-state index in [0.29, 0.717) is 6.61 Å². The zero-order valence-electron chi connectivity index (χ0n) is 16.6. The Kier molecular flexibility index (Phi) is 10.1. The molecule has 7 heteroatoms. The molecule has 0 aliphatic rings. The van der Waals surface area contributed by atoms with E-state index in [-0.39, 0.29) is 6.61 Å². The zero-order valence-corrected chi connectivity index (χ0v) is 16.6. The number of anilines is 1. The van der Waals surface area contributed by atoms with Crippen molar-refractivity contribution in [1.29, 1.82) is 0 Å². The summed E-state index contributed by atoms with van der Waals surface area (Å²) in [5, 5.41) is 2.04. The Hall–Kier alpha value is -2.44. The molecule has 2 amide bonds. The molecule has 0 radical (unpaired) electrons. The molecule has 152 valence electrons. The van der Waals surface area contributed by atoms with Crippen LogP contribution in [0.5, 0.6) is 5.75 Å². The van der Waals surface area contributed by atoms with Crippen molar-refractivity contribution >= 4 is 17.9 Å². The summed E-state index contributed by atoms with van der Waals surface area (Å²) in [6.45, 7) is 6.15. The monoisotopic (exact) mass is 380 g/mol. The van der Waals surface area contributed by atoms with Crippen LogP contribution in [0.3, 0.4) is 0 Å². The SMILES string of the molecule is CC(C)(C)OC(=O)NC(=O)OCCCCCCCCOc1ccc(N)cc1. The van der Waals surface area contributed by atoms with Crippen LogP contribution in [0.1, 0.15) is 59.3 Å². The number of amides is 2. The molecule has 0 saturated carbocycles. The molecule has 0 aliphatic carbocycles. The summed E-state index contributed by atoms with van der Waals surface area (Å²) in [6, 6.07) is 7.39. The Balaban J connectivity index is 1.91. The first-order chi connectivity index (χ1) is 12.8. The number of nitrogens with one attached hydrogen (secondary N) is 1. The van der Waals surface area contributed by atoms with E-state index in [1.807, 2.05) is 29.6 Å². The van der Waals surface area contributed by atoms with Gasteiger partial charge in [0.15, 0.2) is 0 Å². The van der Waals surface area contributed by atoms with Crippen LogP contribution in [0.2, 0.25) is 0 Å². The first-order valence-corrected chi connectivity index (χ1v) is 9.41. The van der Waals surface area contributed by atoms with Crippen molar-refractivity contribution in [1.82, 2.24) is 5.32 Å². The molecule has 0 bridgehead atoms. The average Bonchev–Trinajstić information content (AvgIpc) is 2.56. The number of carbonyl (C=O) groups excluding carboxylic acids is 2. The van der Waals surface area contributed by atoms with Crippen LogP contribution in [0.25, 0.3) is 0 Å². The second kappa shape index (κ2) is 12.0. The lowest BCUT2D eigenvalue weighted by atomic mass is 10.1. The number of rotatable bonds is 10. The number of nitrogens with two attached hydrogens (primary N) is 1. The molecular formula is C20H32N2O5. The molecule has 1 aromatic rings. The molecule has 1 rings (SSSR count). The van der Waals surface area contributed by atoms with E-state index >= 15 is 0 Å². The van der Waals surface area contributed by atoms with Gasteiger partial charge in [0.05, 0.1) is 13.2 Å². The maximum Gasteiger partial charge on any atom is 0.417 e. The Bertz CT molecular complexity index is 567. The molecule has 1 aromatic carbocycles. The van der Waals surface area contributed by atoms with Gasteiger partial charge in [-0.05, 0) is 57.9 Å². The average molecular weight is 380 g/mol. The van der Waals surface area contributed by atoms with Crippen molar-refractivity contribution < 1.29 is 23.8 Å². The van der Waals surface area contributed by atoms with Crippen LogP contribution in [0.4, 0.5) is 15.3 Å². The number of imide groups is 1. The molecule has 27 heavy (non-hydrogen) atoms. The Morgan fingerprint density at radius 3 is 2.04 bits per heavy atom. The van der Waals surface area contributed by atoms with Gasteiger partial charge in [-0.25, -0.2) is 14.9 Å². The van der Waals surface area contributed by atoms with Crippen molar-refractivity contribution in [3.05, 3.63) is 24.3 Å². The van der Waals surface area contributed by atoms with Gasteiger partial charge in [-0.1, -0.05) is 25.7 Å². The molecular weight excluding hydrogens is 348 g/mol. The highest BCUT2D eigenvalue weighted by atomic mass is 16.6. The third-order valence-corrected chi connectivity index (χ3v) is 3.52. The van der Waals surface area contributed by atoms with Gasteiger partial charge in [0, 0.05) is 5.69 Å². The molecule has 0 aromatic heterocycles. The quantitative estimate of drug-likeness (QED) is 0.453. The summed E-state index contributed by atoms with van der Waals surface area (Å²) >= 11 is 0. The van der Waals surface area contributed by atoms with Gasteiger partial charge in [-0.2, -0.15) is 0 Å². The van der Waals surface area contributed by atoms with Crippen LogP contribution >= 0.6 is 0 Å². The third-order valence-electron chi connectivity index (χ3n) is 3.52. The van der Waals surface area contributed by atoms with Gasteiger partial charge in [-0.3, -0.25) is 0 Å². The van der Waals surface area contributed by atoms with Crippen molar-refractivity contribution in [2.75, 3.05) is 18.9 Å². The van der Waals surface area contributed by atoms with Gasteiger partial charge in [0.25, 0.3) is 0 Å². The highest BCUT2D eigenvalue weighted by Crippen LogP contribution is 2.14. The van der Waals surface area contributed by atoms with E-state index < -0.39 is 17.8 Å². The topological polar surface area (TPSA) is 99.9 Å². The fourth-order valence-corrected chi connectivity index (χ4v) is 2.25. The first kappa shape index (κ1) is 22.6. The molecule has 0 saturated heterocycles. The van der Waals surface area contributed by atoms with Gasteiger partial charge in [0.1, 0.15) is 11.4 Å². The van der Waals surface area contributed by atoms with Gasteiger partial charge in [-0.15, -0.1) is 0 Å². The van der Waals surface area contributed by atoms with Crippen molar-refractivity contribution in [3.8, 4) is 5.75 Å². The van der Waals surface area contributed by atoms with Gasteiger partial charge >= 0.3 is 12.2 Å². The molecule has 7 nitrogen and oxygen atoms in total. The summed E-state index contributed by atoms with van der Waals surface area (Å²) in [7, 11) is 0. The standard InChI is InChI=1S/C20H32N2O5/c1-20(2,3)27-19(24)22-18(23)26-15-9-7-5-4-6-8-14-25-17-12-10-16(21)11-13-17/h10-13H,4-9,14-15,21H2,1-3H3,(H,22,23,24). The molecule has 0 spiro atoms. The molecule has 0 aliphatic heterocycles. The summed E-state index contributed by atoms with van der Waals surface area (Å²) in [5.41, 5.74) is 5.71. The number of ether oxygens (including phenoxy) is 3. The Morgan fingerprint density at radius 1 is 0.889 bits per heavy atom. The summed E-state index contributed by atoms with van der Waals surface area (Å²) in [4.78, 5) is 22.8. The Morgan fingerprint density at radius 2 is 1.44 bits per heavy atom. The third kappa shape index (κ3) is 12.5. The number of alkyl carbamates (subject to hydrolysis) is 2. The maximum absolute atomic E-state index is 11.4. The largest absolute Gasteiger partial charge is 0.494 e. The number of hydrogen-bond donors (Lipinski definition) is 2. The fraction of sp³-hybridized carbons (Fsp3) is 0.600. The number of hydrogen-bond acceptors (Lipinski definition) is 6. The summed E-state index contributed by atoms with van der Waals surface area (Å²) in [6.07, 6.45) is 4.43. The van der Waals surface area contributed by atoms with E-state index in [4.69, 9.17) is 19.9 Å². The maximum atomic E-state index is 11.4. The minimum atomic E-state index is -0.798. The molecule has 0 atom stereocenters.